The van der Waals surface area contributed by atoms with Crippen LogP contribution in [0.4, 0.5) is 34.1 Å². The molecule has 6 heteroatoms. The molecular weight excluding hydrogens is 1050 g/mol. The van der Waals surface area contributed by atoms with Crippen molar-refractivity contribution < 1.29 is 8.83 Å². The molecule has 0 radical (unpaired) electrons. The van der Waals surface area contributed by atoms with Crippen LogP contribution in [0, 0.1) is 0 Å². The van der Waals surface area contributed by atoms with Gasteiger partial charge in [0.25, 0.3) is 0 Å². The number of para-hydroxylation sites is 6. The predicted octanol–water partition coefficient (Wildman–Crippen LogP) is 23.2. The summed E-state index contributed by atoms with van der Waals surface area (Å²) < 4.78 is 18.8. The lowest BCUT2D eigenvalue weighted by Gasteiger charge is -2.28. The van der Waals surface area contributed by atoms with Crippen LogP contribution in [-0.4, -0.2) is 9.13 Å². The van der Waals surface area contributed by atoms with E-state index in [9.17, 15) is 0 Å². The lowest BCUT2D eigenvalue weighted by atomic mass is 10.0. The molecule has 0 aliphatic heterocycles. The topological polar surface area (TPSA) is 42.6 Å². The molecule has 4 aromatic heterocycles. The molecule has 86 heavy (non-hydrogen) atoms. The molecule has 4 heterocycles. The van der Waals surface area contributed by atoms with Crippen molar-refractivity contribution in [2.45, 2.75) is 39.5 Å². The molecule has 0 saturated heterocycles. The van der Waals surface area contributed by atoms with Gasteiger partial charge in [-0.1, -0.05) is 161 Å². The normalized spacial score (nSPS) is 12.2. The number of furan rings is 2. The van der Waals surface area contributed by atoms with Crippen molar-refractivity contribution in [3.63, 3.8) is 0 Å². The fraction of sp³-hybridized carbons (Fsp3) is 0.0750. The summed E-state index contributed by atoms with van der Waals surface area (Å²) >= 11 is 0. The minimum atomic E-state index is 0.409. The Hall–Kier alpha value is -10.8. The third-order valence-corrected chi connectivity index (χ3v) is 18.0. The highest BCUT2D eigenvalue weighted by molar-refractivity contribution is 6.25. The fourth-order valence-corrected chi connectivity index (χ4v) is 13.8. The second kappa shape index (κ2) is 19.4. The van der Waals surface area contributed by atoms with Crippen LogP contribution >= 0.6 is 0 Å². The third kappa shape index (κ3) is 7.72. The molecule has 0 atom stereocenters. The molecule has 0 amide bonds. The first-order chi connectivity index (χ1) is 42.3. The number of hydrogen-bond donors (Lipinski definition) is 0. The standard InChI is InChI=1S/C80H58N4O2/c1-49(2)51-29-35-59(36-30-51)81(72-27-15-23-65-63-21-11-13-25-70(63)83(78(65)72)57-17-7-5-8-18-57)61-39-33-53-45-68-67-41-42-74-77(80(67)86-75(68)47-55(53)43-61)69-46-54-34-40-62(44-56(54)48-76(69)85-74)82(60-37-31-52(32-38-60)50(3)4)73-28-16-24-66-64-22-12-14-26-71(64)84(79(66)73)58-19-9-6-10-20-58/h5-50H,1-4H3. The molecule has 0 aliphatic rings. The van der Waals surface area contributed by atoms with E-state index in [0.29, 0.717) is 11.8 Å². The highest BCUT2D eigenvalue weighted by Crippen LogP contribution is 2.48. The molecule has 0 spiro atoms. The van der Waals surface area contributed by atoms with Gasteiger partial charge in [-0.25, -0.2) is 0 Å². The molecule has 0 aliphatic carbocycles. The van der Waals surface area contributed by atoms with Crippen LogP contribution in [-0.2, 0) is 0 Å². The van der Waals surface area contributed by atoms with E-state index in [2.05, 4.69) is 314 Å². The average Bonchev–Trinajstić information content (AvgIpc) is 1.76. The smallest absolute Gasteiger partial charge is 0.147 e. The van der Waals surface area contributed by atoms with Gasteiger partial charge < -0.3 is 27.8 Å². The van der Waals surface area contributed by atoms with Gasteiger partial charge in [0.2, 0.25) is 0 Å². The van der Waals surface area contributed by atoms with Crippen molar-refractivity contribution in [1.82, 2.24) is 9.13 Å². The molecule has 410 valence electrons. The SMILES string of the molecule is CC(C)c1ccc(N(c2ccc3cc4c(cc3c2)oc2c4ccc3oc4cc5cc(N(c6ccc(C(C)C)cc6)c6cccc7c8ccccc8n(-c8ccccc8)c67)ccc5cc4c32)c2cccc3c4ccccc4n(-c4ccccc4)c23)cc1. The number of aromatic nitrogens is 2. The highest BCUT2D eigenvalue weighted by Gasteiger charge is 2.26. The van der Waals surface area contributed by atoms with Crippen LogP contribution in [0.1, 0.15) is 50.7 Å². The van der Waals surface area contributed by atoms with E-state index >= 15 is 0 Å². The molecule has 0 bridgehead atoms. The highest BCUT2D eigenvalue weighted by atomic mass is 16.3. The Morgan fingerprint density at radius 3 is 1.24 bits per heavy atom. The third-order valence-electron chi connectivity index (χ3n) is 18.0. The molecule has 0 fully saturated rings. The number of benzene rings is 13. The zero-order valence-electron chi connectivity index (χ0n) is 48.2. The second-order valence-electron chi connectivity index (χ2n) is 23.7. The molecule has 6 nitrogen and oxygen atoms in total. The van der Waals surface area contributed by atoms with Crippen LogP contribution in [0.3, 0.4) is 0 Å². The van der Waals surface area contributed by atoms with Crippen molar-refractivity contribution in [2.75, 3.05) is 9.80 Å². The Labute approximate surface area is 497 Å². The maximum Gasteiger partial charge on any atom is 0.147 e. The number of hydrogen-bond acceptors (Lipinski definition) is 4. The Morgan fingerprint density at radius 2 is 0.744 bits per heavy atom. The van der Waals surface area contributed by atoms with Crippen LogP contribution in [0.15, 0.2) is 276 Å². The average molecular weight is 1110 g/mol. The lowest BCUT2D eigenvalue weighted by molar-refractivity contribution is 0.663. The molecular formula is C80H58N4O2. The zero-order valence-corrected chi connectivity index (χ0v) is 48.2. The first-order valence-corrected chi connectivity index (χ1v) is 29.9. The van der Waals surface area contributed by atoms with Crippen molar-refractivity contribution in [1.29, 1.82) is 0 Å². The Kier molecular flexibility index (Phi) is 11.2. The van der Waals surface area contributed by atoms with Crippen molar-refractivity contribution >= 4 is 143 Å². The van der Waals surface area contributed by atoms with Gasteiger partial charge >= 0.3 is 0 Å². The van der Waals surface area contributed by atoms with Gasteiger partial charge in [0.05, 0.1) is 38.8 Å². The van der Waals surface area contributed by atoms with E-state index in [1.165, 1.54) is 43.7 Å². The molecule has 0 unspecified atom stereocenters. The Balaban J connectivity index is 0.808. The zero-order chi connectivity index (χ0) is 57.3. The van der Waals surface area contributed by atoms with Gasteiger partial charge in [-0.2, -0.15) is 0 Å². The second-order valence-corrected chi connectivity index (χ2v) is 23.7. The number of rotatable bonds is 10. The first-order valence-electron chi connectivity index (χ1n) is 29.9. The minimum absolute atomic E-state index is 0.409. The molecule has 0 N–H and O–H groups in total. The largest absolute Gasteiger partial charge is 0.456 e. The van der Waals surface area contributed by atoms with E-state index in [0.717, 1.165) is 122 Å². The Bertz CT molecular complexity index is 5530. The van der Waals surface area contributed by atoms with Gasteiger partial charge in [0.15, 0.2) is 0 Å². The fourth-order valence-electron chi connectivity index (χ4n) is 13.8. The molecule has 0 saturated carbocycles. The van der Waals surface area contributed by atoms with Gasteiger partial charge in [0.1, 0.15) is 22.3 Å². The maximum absolute atomic E-state index is 7.10. The van der Waals surface area contributed by atoms with Gasteiger partial charge in [-0.15, -0.1) is 0 Å². The van der Waals surface area contributed by atoms with Crippen LogP contribution in [0.5, 0.6) is 0 Å². The quantitative estimate of drug-likeness (QED) is 0.137. The van der Waals surface area contributed by atoms with Crippen molar-refractivity contribution in [2.24, 2.45) is 0 Å². The first kappa shape index (κ1) is 49.8. The van der Waals surface area contributed by atoms with Crippen LogP contribution in [0.25, 0.3) is 120 Å². The monoisotopic (exact) mass is 1110 g/mol. The summed E-state index contributed by atoms with van der Waals surface area (Å²) in [5, 5.41) is 13.4. The number of anilines is 6. The van der Waals surface area contributed by atoms with E-state index in [4.69, 9.17) is 8.83 Å². The Morgan fingerprint density at radius 1 is 0.302 bits per heavy atom. The summed E-state index contributed by atoms with van der Waals surface area (Å²) in [5.41, 5.74) is 19.2. The van der Waals surface area contributed by atoms with E-state index in [-0.39, 0.29) is 0 Å². The van der Waals surface area contributed by atoms with Gasteiger partial charge in [-0.05, 0) is 178 Å². The summed E-state index contributed by atoms with van der Waals surface area (Å²) in [4.78, 5) is 4.85. The maximum atomic E-state index is 7.10. The minimum Gasteiger partial charge on any atom is -0.456 e. The summed E-state index contributed by atoms with van der Waals surface area (Å²) in [6.07, 6.45) is 0. The summed E-state index contributed by atoms with van der Waals surface area (Å²) in [5.74, 6) is 0.818. The van der Waals surface area contributed by atoms with E-state index in [1.54, 1.807) is 0 Å². The number of fused-ring (bicyclic) bond motifs is 15. The van der Waals surface area contributed by atoms with Crippen LogP contribution in [0.2, 0.25) is 0 Å². The van der Waals surface area contributed by atoms with Crippen molar-refractivity contribution in [3.05, 3.63) is 278 Å². The van der Waals surface area contributed by atoms with Crippen LogP contribution < -0.4 is 9.80 Å². The van der Waals surface area contributed by atoms with E-state index in [1.807, 2.05) is 0 Å². The van der Waals surface area contributed by atoms with Gasteiger partial charge in [-0.3, -0.25) is 0 Å². The summed E-state index contributed by atoms with van der Waals surface area (Å²) in [6, 6.07) is 97.6. The number of nitrogens with zero attached hydrogens (tertiary/aromatic N) is 4. The molecule has 17 aromatic rings. The lowest BCUT2D eigenvalue weighted by Crippen LogP contribution is -2.12. The summed E-state index contributed by atoms with van der Waals surface area (Å²) in [6.45, 7) is 9.01. The van der Waals surface area contributed by atoms with Crippen molar-refractivity contribution in [3.8, 4) is 11.4 Å². The predicted molar refractivity (Wildman–Crippen MR) is 362 cm³/mol. The summed E-state index contributed by atoms with van der Waals surface area (Å²) in [7, 11) is 0. The molecule has 13 aromatic carbocycles. The van der Waals surface area contributed by atoms with E-state index < -0.39 is 0 Å². The van der Waals surface area contributed by atoms with Gasteiger partial charge in [0, 0.05) is 71.8 Å². The molecule has 17 rings (SSSR count).